The second-order valence-corrected chi connectivity index (χ2v) is 6.04. The van der Waals surface area contributed by atoms with E-state index in [-0.39, 0.29) is 62.7 Å². The standard InChI is InChI=1S/C11H12Br2O3.K/c1-11(2,3)16-9-7(10(14)15)4-6(12)5-8(9)13;/h4-5H,1-3H3,(H,14,15);/q;+1/p-1. The summed E-state index contributed by atoms with van der Waals surface area (Å²) in [6.07, 6.45) is 0. The van der Waals surface area contributed by atoms with Crippen LogP contribution in [0.2, 0.25) is 0 Å². The number of carbonyl (C=O) groups is 1. The molecule has 0 saturated heterocycles. The molecule has 6 heteroatoms. The van der Waals surface area contributed by atoms with Crippen LogP contribution in [0.25, 0.3) is 0 Å². The van der Waals surface area contributed by atoms with Crippen molar-refractivity contribution in [2.75, 3.05) is 0 Å². The summed E-state index contributed by atoms with van der Waals surface area (Å²) in [5.41, 5.74) is -0.447. The van der Waals surface area contributed by atoms with Crippen molar-refractivity contribution in [3.05, 3.63) is 26.6 Å². The third-order valence-electron chi connectivity index (χ3n) is 1.64. The Bertz CT molecular complexity index is 427. The average molecular weight is 390 g/mol. The molecule has 3 nitrogen and oxygen atoms in total. The number of rotatable bonds is 2. The van der Waals surface area contributed by atoms with E-state index < -0.39 is 11.6 Å². The van der Waals surface area contributed by atoms with Crippen molar-refractivity contribution in [2.45, 2.75) is 26.4 Å². The van der Waals surface area contributed by atoms with Gasteiger partial charge in [-0.3, -0.25) is 0 Å². The number of hydrogen-bond acceptors (Lipinski definition) is 3. The van der Waals surface area contributed by atoms with Gasteiger partial charge in [0.05, 0.1) is 10.4 Å². The zero-order valence-corrected chi connectivity index (χ0v) is 16.4. The molecule has 0 spiro atoms. The molecular weight excluding hydrogens is 379 g/mol. The maximum absolute atomic E-state index is 11.0. The predicted molar refractivity (Wildman–Crippen MR) is 66.6 cm³/mol. The van der Waals surface area contributed by atoms with Gasteiger partial charge in [-0.05, 0) is 48.8 Å². The fourth-order valence-corrected chi connectivity index (χ4v) is 2.43. The van der Waals surface area contributed by atoms with Crippen molar-refractivity contribution >= 4 is 37.8 Å². The van der Waals surface area contributed by atoms with Crippen LogP contribution in [0.5, 0.6) is 5.75 Å². The van der Waals surface area contributed by atoms with Gasteiger partial charge in [0.25, 0.3) is 0 Å². The summed E-state index contributed by atoms with van der Waals surface area (Å²) in [5.74, 6) is -0.975. The Labute approximate surface area is 160 Å². The van der Waals surface area contributed by atoms with Crippen LogP contribution in [0.1, 0.15) is 31.1 Å². The number of halogens is 2. The predicted octanol–water partition coefficient (Wildman–Crippen LogP) is -0.244. The van der Waals surface area contributed by atoms with Crippen LogP contribution in [0.4, 0.5) is 0 Å². The first kappa shape index (κ1) is 18.1. The Balaban J connectivity index is 0.00000256. The Hall–Kier alpha value is 1.09. The summed E-state index contributed by atoms with van der Waals surface area (Å²) >= 11 is 6.49. The Morgan fingerprint density at radius 1 is 1.29 bits per heavy atom. The first-order valence-electron chi connectivity index (χ1n) is 4.60. The van der Waals surface area contributed by atoms with Gasteiger partial charge >= 0.3 is 51.4 Å². The molecule has 0 heterocycles. The van der Waals surface area contributed by atoms with Gasteiger partial charge in [-0.15, -0.1) is 0 Å². The van der Waals surface area contributed by atoms with E-state index in [9.17, 15) is 9.90 Å². The van der Waals surface area contributed by atoms with E-state index >= 15 is 0 Å². The molecule has 17 heavy (non-hydrogen) atoms. The second kappa shape index (κ2) is 7.03. The van der Waals surface area contributed by atoms with Crippen LogP contribution in [0.15, 0.2) is 21.1 Å². The van der Waals surface area contributed by atoms with Crippen molar-refractivity contribution in [1.82, 2.24) is 0 Å². The van der Waals surface area contributed by atoms with Crippen LogP contribution in [-0.4, -0.2) is 11.6 Å². The van der Waals surface area contributed by atoms with Gasteiger partial charge in [0, 0.05) is 10.0 Å². The molecule has 0 aliphatic carbocycles. The number of carboxylic acid groups (broad SMARTS) is 1. The third-order valence-corrected chi connectivity index (χ3v) is 2.68. The SMILES string of the molecule is CC(C)(C)Oc1c(Br)cc(Br)cc1C(=O)[O-].[K+]. The van der Waals surface area contributed by atoms with Crippen molar-refractivity contribution in [3.63, 3.8) is 0 Å². The zero-order valence-electron chi connectivity index (χ0n) is 10.1. The minimum absolute atomic E-state index is 0. The van der Waals surface area contributed by atoms with E-state index in [1.165, 1.54) is 6.07 Å². The zero-order chi connectivity index (χ0) is 12.5. The summed E-state index contributed by atoms with van der Waals surface area (Å²) in [4.78, 5) is 11.0. The van der Waals surface area contributed by atoms with Crippen LogP contribution in [-0.2, 0) is 0 Å². The third kappa shape index (κ3) is 5.71. The smallest absolute Gasteiger partial charge is 0.545 e. The number of benzene rings is 1. The van der Waals surface area contributed by atoms with E-state index in [0.29, 0.717) is 8.95 Å². The van der Waals surface area contributed by atoms with Gasteiger partial charge in [0.2, 0.25) is 0 Å². The second-order valence-electron chi connectivity index (χ2n) is 4.27. The van der Waals surface area contributed by atoms with Crippen LogP contribution >= 0.6 is 31.9 Å². The topological polar surface area (TPSA) is 49.4 Å². The summed E-state index contributed by atoms with van der Waals surface area (Å²) in [6, 6.07) is 3.19. The molecule has 1 aromatic rings. The van der Waals surface area contributed by atoms with Crippen molar-refractivity contribution in [3.8, 4) is 5.75 Å². The number of carboxylic acids is 1. The molecule has 1 rings (SSSR count). The average Bonchev–Trinajstić information content (AvgIpc) is 2.07. The molecule has 0 fully saturated rings. The molecular formula is C11H11Br2KO3. The van der Waals surface area contributed by atoms with Crippen LogP contribution < -0.4 is 61.2 Å². The van der Waals surface area contributed by atoms with E-state index in [0.717, 1.165) is 0 Å². The van der Waals surface area contributed by atoms with Crippen LogP contribution in [0, 0.1) is 0 Å². The van der Waals surface area contributed by atoms with E-state index in [1.807, 2.05) is 20.8 Å². The molecule has 0 bridgehead atoms. The fraction of sp³-hybridized carbons (Fsp3) is 0.364. The van der Waals surface area contributed by atoms with Crippen LogP contribution in [0.3, 0.4) is 0 Å². The summed E-state index contributed by atoms with van der Waals surface area (Å²) in [7, 11) is 0. The first-order valence-corrected chi connectivity index (χ1v) is 6.19. The maximum Gasteiger partial charge on any atom is 1.00 e. The van der Waals surface area contributed by atoms with Crippen molar-refractivity contribution < 1.29 is 66.0 Å². The van der Waals surface area contributed by atoms with Crippen molar-refractivity contribution in [1.29, 1.82) is 0 Å². The number of hydrogen-bond donors (Lipinski definition) is 0. The molecule has 1 aromatic carbocycles. The number of ether oxygens (including phenoxy) is 1. The normalized spacial score (nSPS) is 10.6. The molecule has 0 aromatic heterocycles. The quantitative estimate of drug-likeness (QED) is 0.656. The Morgan fingerprint density at radius 3 is 2.24 bits per heavy atom. The summed E-state index contributed by atoms with van der Waals surface area (Å²) < 4.78 is 6.82. The van der Waals surface area contributed by atoms with E-state index in [2.05, 4.69) is 31.9 Å². The van der Waals surface area contributed by atoms with E-state index in [1.54, 1.807) is 6.07 Å². The van der Waals surface area contributed by atoms with Gasteiger partial charge in [-0.1, -0.05) is 15.9 Å². The van der Waals surface area contributed by atoms with Crippen molar-refractivity contribution in [2.24, 2.45) is 0 Å². The summed E-state index contributed by atoms with van der Waals surface area (Å²) in [5, 5.41) is 11.0. The van der Waals surface area contributed by atoms with Gasteiger partial charge in [0.1, 0.15) is 11.4 Å². The maximum atomic E-state index is 11.0. The van der Waals surface area contributed by atoms with Gasteiger partial charge < -0.3 is 14.6 Å². The monoisotopic (exact) mass is 388 g/mol. The van der Waals surface area contributed by atoms with Gasteiger partial charge in [-0.25, -0.2) is 0 Å². The first-order chi connectivity index (χ1) is 7.20. The van der Waals surface area contributed by atoms with Gasteiger partial charge in [0.15, 0.2) is 0 Å². The molecule has 88 valence electrons. The van der Waals surface area contributed by atoms with E-state index in [4.69, 9.17) is 4.74 Å². The molecule has 0 saturated carbocycles. The fourth-order valence-electron chi connectivity index (χ4n) is 1.12. The molecule has 0 radical (unpaired) electrons. The molecule has 0 N–H and O–H groups in total. The molecule has 0 aliphatic heterocycles. The molecule has 0 aliphatic rings. The summed E-state index contributed by atoms with van der Waals surface area (Å²) in [6.45, 7) is 5.54. The molecule has 0 unspecified atom stereocenters. The minimum Gasteiger partial charge on any atom is -0.545 e. The largest absolute Gasteiger partial charge is 1.00 e. The molecule has 0 atom stereocenters. The molecule has 0 amide bonds. The Morgan fingerprint density at radius 2 is 1.82 bits per heavy atom. The minimum atomic E-state index is -1.26. The number of aromatic carboxylic acids is 1. The Kier molecular flexibility index (Phi) is 7.47. The van der Waals surface area contributed by atoms with Gasteiger partial charge in [-0.2, -0.15) is 0 Å². The number of carbonyl (C=O) groups excluding carboxylic acids is 1.